The van der Waals surface area contributed by atoms with E-state index in [-0.39, 0.29) is 5.41 Å². The van der Waals surface area contributed by atoms with Gasteiger partial charge in [-0.15, -0.1) is 0 Å². The van der Waals surface area contributed by atoms with Crippen molar-refractivity contribution < 1.29 is 5.11 Å². The summed E-state index contributed by atoms with van der Waals surface area (Å²) in [6.45, 7) is 4.48. The SMILES string of the molecule is CC(C)SCC1(c2ccccc2O)CCC1. The average molecular weight is 236 g/mol. The maximum absolute atomic E-state index is 9.97. The molecule has 0 radical (unpaired) electrons. The Labute approximate surface area is 102 Å². The smallest absolute Gasteiger partial charge is 0.119 e. The Balaban J connectivity index is 2.18. The Morgan fingerprint density at radius 2 is 2.00 bits per heavy atom. The highest BCUT2D eigenvalue weighted by molar-refractivity contribution is 7.99. The molecule has 1 fully saturated rings. The van der Waals surface area contributed by atoms with Crippen LogP contribution in [0.5, 0.6) is 5.75 Å². The van der Waals surface area contributed by atoms with Gasteiger partial charge in [0.15, 0.2) is 0 Å². The average Bonchev–Trinajstić information content (AvgIpc) is 2.18. The van der Waals surface area contributed by atoms with Crippen LogP contribution >= 0.6 is 11.8 Å². The van der Waals surface area contributed by atoms with Crippen LogP contribution in [0.2, 0.25) is 0 Å². The van der Waals surface area contributed by atoms with Gasteiger partial charge >= 0.3 is 0 Å². The van der Waals surface area contributed by atoms with Gasteiger partial charge in [-0.05, 0) is 24.2 Å². The van der Waals surface area contributed by atoms with Gasteiger partial charge in [0.05, 0.1) is 0 Å². The molecule has 0 spiro atoms. The Bertz CT molecular complexity index is 356. The molecule has 0 aromatic heterocycles. The molecule has 0 atom stereocenters. The van der Waals surface area contributed by atoms with Crippen molar-refractivity contribution in [2.45, 2.75) is 43.8 Å². The monoisotopic (exact) mass is 236 g/mol. The van der Waals surface area contributed by atoms with Crippen molar-refractivity contribution in [1.82, 2.24) is 0 Å². The fraction of sp³-hybridized carbons (Fsp3) is 0.571. The lowest BCUT2D eigenvalue weighted by Gasteiger charge is -2.43. The van der Waals surface area contributed by atoms with Gasteiger partial charge in [0.25, 0.3) is 0 Å². The van der Waals surface area contributed by atoms with Gasteiger partial charge < -0.3 is 5.11 Å². The van der Waals surface area contributed by atoms with E-state index >= 15 is 0 Å². The van der Waals surface area contributed by atoms with Crippen molar-refractivity contribution in [1.29, 1.82) is 0 Å². The van der Waals surface area contributed by atoms with Crippen molar-refractivity contribution in [3.63, 3.8) is 0 Å². The molecule has 1 aliphatic rings. The minimum absolute atomic E-state index is 0.250. The minimum atomic E-state index is 0.250. The van der Waals surface area contributed by atoms with Crippen LogP contribution in [0.25, 0.3) is 0 Å². The van der Waals surface area contributed by atoms with E-state index in [1.54, 1.807) is 0 Å². The lowest BCUT2D eigenvalue weighted by molar-refractivity contribution is 0.269. The van der Waals surface area contributed by atoms with Crippen molar-refractivity contribution in [3.05, 3.63) is 29.8 Å². The zero-order chi connectivity index (χ0) is 11.6. The van der Waals surface area contributed by atoms with Crippen LogP contribution in [-0.4, -0.2) is 16.1 Å². The zero-order valence-electron chi connectivity index (χ0n) is 10.1. The van der Waals surface area contributed by atoms with Gasteiger partial charge in [-0.2, -0.15) is 11.8 Å². The third-order valence-corrected chi connectivity index (χ3v) is 4.86. The highest BCUT2D eigenvalue weighted by atomic mass is 32.2. The molecule has 0 heterocycles. The zero-order valence-corrected chi connectivity index (χ0v) is 10.9. The van der Waals surface area contributed by atoms with Gasteiger partial charge in [-0.1, -0.05) is 38.5 Å². The first kappa shape index (κ1) is 11.8. The van der Waals surface area contributed by atoms with Gasteiger partial charge in [0, 0.05) is 16.7 Å². The topological polar surface area (TPSA) is 20.2 Å². The molecule has 1 nitrogen and oxygen atoms in total. The molecule has 0 saturated heterocycles. The predicted octanol–water partition coefficient (Wildman–Crippen LogP) is 3.96. The Morgan fingerprint density at radius 1 is 1.31 bits per heavy atom. The maximum atomic E-state index is 9.97. The molecule has 0 bridgehead atoms. The third-order valence-electron chi connectivity index (χ3n) is 3.48. The first-order valence-corrected chi connectivity index (χ1v) is 7.09. The van der Waals surface area contributed by atoms with Crippen LogP contribution in [0.4, 0.5) is 0 Å². The summed E-state index contributed by atoms with van der Waals surface area (Å²) in [5.41, 5.74) is 1.41. The van der Waals surface area contributed by atoms with Crippen LogP contribution in [0.3, 0.4) is 0 Å². The number of rotatable bonds is 4. The summed E-state index contributed by atoms with van der Waals surface area (Å²) in [5.74, 6) is 1.62. The molecule has 1 aromatic rings. The normalized spacial score (nSPS) is 18.4. The lowest BCUT2D eigenvalue weighted by atomic mass is 9.65. The first-order chi connectivity index (χ1) is 7.64. The molecule has 0 amide bonds. The first-order valence-electron chi connectivity index (χ1n) is 6.04. The number of phenols is 1. The number of thioether (sulfide) groups is 1. The van der Waals surface area contributed by atoms with Crippen molar-refractivity contribution in [2.24, 2.45) is 0 Å². The number of benzene rings is 1. The van der Waals surface area contributed by atoms with Crippen molar-refractivity contribution >= 4 is 11.8 Å². The summed E-state index contributed by atoms with van der Waals surface area (Å²) in [6, 6.07) is 7.85. The van der Waals surface area contributed by atoms with E-state index in [0.717, 1.165) is 11.3 Å². The highest BCUT2D eigenvalue weighted by Crippen LogP contribution is 2.49. The highest BCUT2D eigenvalue weighted by Gasteiger charge is 2.40. The van der Waals surface area contributed by atoms with E-state index in [1.165, 1.54) is 19.3 Å². The molecule has 1 saturated carbocycles. The van der Waals surface area contributed by atoms with Crippen molar-refractivity contribution in [2.75, 3.05) is 5.75 Å². The summed E-state index contributed by atoms with van der Waals surface area (Å²) in [4.78, 5) is 0. The number of hydrogen-bond donors (Lipinski definition) is 1. The summed E-state index contributed by atoms with van der Waals surface area (Å²) in [6.07, 6.45) is 3.75. The largest absolute Gasteiger partial charge is 0.508 e. The van der Waals surface area contributed by atoms with E-state index in [4.69, 9.17) is 0 Å². The predicted molar refractivity (Wildman–Crippen MR) is 71.2 cm³/mol. The maximum Gasteiger partial charge on any atom is 0.119 e. The Hall–Kier alpha value is -0.630. The van der Waals surface area contributed by atoms with E-state index < -0.39 is 0 Å². The number of phenolic OH excluding ortho intramolecular Hbond substituents is 1. The second-order valence-corrected chi connectivity index (χ2v) is 6.58. The standard InChI is InChI=1S/C14H20OS/c1-11(2)16-10-14(8-5-9-14)12-6-3-4-7-13(12)15/h3-4,6-7,11,15H,5,8-10H2,1-2H3. The van der Waals surface area contributed by atoms with Gasteiger partial charge in [-0.3, -0.25) is 0 Å². The fourth-order valence-electron chi connectivity index (χ4n) is 2.34. The molecule has 88 valence electrons. The van der Waals surface area contributed by atoms with E-state index in [0.29, 0.717) is 11.0 Å². The van der Waals surface area contributed by atoms with E-state index in [9.17, 15) is 5.11 Å². The molecule has 16 heavy (non-hydrogen) atoms. The molecular formula is C14H20OS. The Kier molecular flexibility index (Phi) is 3.48. The van der Waals surface area contributed by atoms with Gasteiger partial charge in [0.1, 0.15) is 5.75 Å². The van der Waals surface area contributed by atoms with Crippen LogP contribution < -0.4 is 0 Å². The van der Waals surface area contributed by atoms with Crippen LogP contribution in [-0.2, 0) is 5.41 Å². The third kappa shape index (κ3) is 2.22. The Morgan fingerprint density at radius 3 is 2.50 bits per heavy atom. The molecule has 2 rings (SSSR count). The summed E-state index contributed by atoms with van der Waals surface area (Å²) in [5, 5.41) is 10.6. The molecule has 0 aliphatic heterocycles. The van der Waals surface area contributed by atoms with E-state index in [2.05, 4.69) is 19.9 Å². The second kappa shape index (κ2) is 4.70. The summed E-state index contributed by atoms with van der Waals surface area (Å²) < 4.78 is 0. The van der Waals surface area contributed by atoms with Crippen LogP contribution in [0.15, 0.2) is 24.3 Å². The van der Waals surface area contributed by atoms with E-state index in [1.807, 2.05) is 30.0 Å². The lowest BCUT2D eigenvalue weighted by Crippen LogP contribution is -2.37. The molecule has 0 unspecified atom stereocenters. The number of hydrogen-bond acceptors (Lipinski definition) is 2. The second-order valence-electron chi connectivity index (χ2n) is 5.01. The van der Waals surface area contributed by atoms with Gasteiger partial charge in [0.2, 0.25) is 0 Å². The summed E-state index contributed by atoms with van der Waals surface area (Å²) >= 11 is 2.01. The van der Waals surface area contributed by atoms with Gasteiger partial charge in [-0.25, -0.2) is 0 Å². The molecule has 1 aliphatic carbocycles. The van der Waals surface area contributed by atoms with Crippen LogP contribution in [0.1, 0.15) is 38.7 Å². The molecular weight excluding hydrogens is 216 g/mol. The number of aromatic hydroxyl groups is 1. The number of para-hydroxylation sites is 1. The molecule has 1 N–H and O–H groups in total. The molecule has 1 aromatic carbocycles. The fourth-order valence-corrected chi connectivity index (χ4v) is 3.44. The minimum Gasteiger partial charge on any atom is -0.508 e. The van der Waals surface area contributed by atoms with Crippen LogP contribution in [0, 0.1) is 0 Å². The summed E-state index contributed by atoms with van der Waals surface area (Å²) in [7, 11) is 0. The van der Waals surface area contributed by atoms with Crippen molar-refractivity contribution in [3.8, 4) is 5.75 Å². The quantitative estimate of drug-likeness (QED) is 0.854. The molecule has 2 heteroatoms.